The van der Waals surface area contributed by atoms with Crippen molar-refractivity contribution in [1.82, 2.24) is 10.2 Å². The van der Waals surface area contributed by atoms with Crippen LogP contribution in [-0.4, -0.2) is 55.8 Å². The number of hydrogen-bond donors (Lipinski definition) is 2. The van der Waals surface area contributed by atoms with Crippen LogP contribution in [0.15, 0.2) is 18.2 Å². The first-order valence-electron chi connectivity index (χ1n) is 6.77. The zero-order valence-electron chi connectivity index (χ0n) is 11.8. The number of nitrogens with one attached hydrogen (secondary N) is 1. The highest BCUT2D eigenvalue weighted by Crippen LogP contribution is 2.41. The molecule has 1 aliphatic heterocycles. The van der Waals surface area contributed by atoms with Crippen LogP contribution in [0.2, 0.25) is 0 Å². The van der Waals surface area contributed by atoms with Gasteiger partial charge in [0.1, 0.15) is 24.2 Å². The van der Waals surface area contributed by atoms with Crippen LogP contribution in [0, 0.1) is 5.82 Å². The third-order valence-corrected chi connectivity index (χ3v) is 3.63. The van der Waals surface area contributed by atoms with Crippen molar-refractivity contribution in [3.8, 4) is 5.75 Å². The van der Waals surface area contributed by atoms with Gasteiger partial charge in [0, 0.05) is 26.2 Å². The normalized spacial score (nSPS) is 18.5. The molecule has 1 saturated heterocycles. The maximum absolute atomic E-state index is 14.2. The lowest BCUT2D eigenvalue weighted by atomic mass is 9.96. The quantitative estimate of drug-likeness (QED) is 0.863. The second-order valence-electron chi connectivity index (χ2n) is 4.96. The summed E-state index contributed by atoms with van der Waals surface area (Å²) in [6.07, 6.45) is 0. The summed E-state index contributed by atoms with van der Waals surface area (Å²) >= 11 is 0. The summed E-state index contributed by atoms with van der Waals surface area (Å²) < 4.78 is 47.7. The van der Waals surface area contributed by atoms with E-state index < -0.39 is 24.4 Å². The van der Waals surface area contributed by atoms with E-state index in [1.807, 2.05) is 0 Å². The van der Waals surface area contributed by atoms with Crippen LogP contribution in [-0.2, 0) is 0 Å². The van der Waals surface area contributed by atoms with Crippen molar-refractivity contribution in [2.45, 2.75) is 12.0 Å². The molecule has 0 bridgehead atoms. The van der Waals surface area contributed by atoms with Gasteiger partial charge in [0.2, 0.25) is 0 Å². The molecule has 0 saturated carbocycles. The van der Waals surface area contributed by atoms with Gasteiger partial charge in [-0.15, -0.1) is 0 Å². The number of ether oxygens (including phenoxy) is 1. The second kappa shape index (κ2) is 6.64. The monoisotopic (exact) mass is 304 g/mol. The van der Waals surface area contributed by atoms with Crippen molar-refractivity contribution in [2.24, 2.45) is 0 Å². The zero-order chi connectivity index (χ0) is 15.5. The molecule has 0 aliphatic carbocycles. The molecule has 1 atom stereocenters. The molecule has 4 nitrogen and oxygen atoms in total. The third-order valence-electron chi connectivity index (χ3n) is 3.63. The Kier molecular flexibility index (Phi) is 5.08. The van der Waals surface area contributed by atoms with Crippen LogP contribution in [0.3, 0.4) is 0 Å². The van der Waals surface area contributed by atoms with Crippen LogP contribution in [0.5, 0.6) is 5.75 Å². The van der Waals surface area contributed by atoms with E-state index in [1.54, 1.807) is 0 Å². The molecule has 0 radical (unpaired) electrons. The van der Waals surface area contributed by atoms with E-state index in [1.165, 1.54) is 24.1 Å². The molecule has 1 aliphatic rings. The number of methoxy groups -OCH3 is 1. The number of piperazine rings is 1. The Labute approximate surface area is 121 Å². The summed E-state index contributed by atoms with van der Waals surface area (Å²) in [5, 5.41) is 12.1. The Balaban J connectivity index is 2.49. The minimum absolute atomic E-state index is 0.0617. The number of benzene rings is 1. The lowest BCUT2D eigenvalue weighted by molar-refractivity contribution is -0.120. The van der Waals surface area contributed by atoms with Gasteiger partial charge < -0.3 is 15.2 Å². The summed E-state index contributed by atoms with van der Waals surface area (Å²) in [6, 6.07) is 2.42. The third kappa shape index (κ3) is 3.30. The van der Waals surface area contributed by atoms with Gasteiger partial charge in [0.15, 0.2) is 0 Å². The van der Waals surface area contributed by atoms with Crippen LogP contribution in [0.4, 0.5) is 13.2 Å². The van der Waals surface area contributed by atoms with Crippen LogP contribution < -0.4 is 10.1 Å². The van der Waals surface area contributed by atoms with E-state index in [0.29, 0.717) is 26.2 Å². The zero-order valence-corrected chi connectivity index (χ0v) is 11.8. The molecular formula is C14H19F3N2O2. The topological polar surface area (TPSA) is 44.7 Å². The van der Waals surface area contributed by atoms with E-state index in [9.17, 15) is 13.2 Å². The molecule has 1 aromatic rings. The van der Waals surface area contributed by atoms with E-state index in [-0.39, 0.29) is 11.3 Å². The van der Waals surface area contributed by atoms with Crippen molar-refractivity contribution < 1.29 is 23.0 Å². The van der Waals surface area contributed by atoms with Gasteiger partial charge in [-0.2, -0.15) is 0 Å². The first kappa shape index (κ1) is 16.1. The summed E-state index contributed by atoms with van der Waals surface area (Å²) in [4.78, 5) is 1.48. The van der Waals surface area contributed by atoms with Gasteiger partial charge in [-0.3, -0.25) is 4.90 Å². The Bertz CT molecular complexity index is 479. The molecule has 1 aromatic carbocycles. The van der Waals surface area contributed by atoms with Crippen molar-refractivity contribution >= 4 is 0 Å². The smallest absolute Gasteiger partial charge is 0.290 e. The summed E-state index contributed by atoms with van der Waals surface area (Å²) in [6.45, 7) is 0.415. The summed E-state index contributed by atoms with van der Waals surface area (Å²) in [5.74, 6) is -4.16. The fourth-order valence-electron chi connectivity index (χ4n) is 2.65. The molecule has 0 unspecified atom stereocenters. The maximum atomic E-state index is 14.2. The minimum Gasteiger partial charge on any atom is -0.496 e. The van der Waals surface area contributed by atoms with Crippen molar-refractivity contribution in [3.63, 3.8) is 0 Å². The molecule has 0 spiro atoms. The minimum atomic E-state index is -3.47. The summed E-state index contributed by atoms with van der Waals surface area (Å²) in [5.41, 5.74) is -0.207. The molecule has 2 rings (SSSR count). The van der Waals surface area contributed by atoms with Gasteiger partial charge in [-0.25, -0.2) is 13.2 Å². The predicted octanol–water partition coefficient (Wildman–Crippen LogP) is 1.41. The van der Waals surface area contributed by atoms with Crippen LogP contribution in [0.1, 0.15) is 11.6 Å². The molecule has 0 aromatic heterocycles. The van der Waals surface area contributed by atoms with Gasteiger partial charge in [-0.1, -0.05) is 6.07 Å². The average molecular weight is 304 g/mol. The lowest BCUT2D eigenvalue weighted by Gasteiger charge is -2.39. The van der Waals surface area contributed by atoms with Crippen LogP contribution >= 0.6 is 0 Å². The van der Waals surface area contributed by atoms with Gasteiger partial charge in [-0.05, 0) is 12.1 Å². The fourth-order valence-corrected chi connectivity index (χ4v) is 2.65. The molecular weight excluding hydrogens is 285 g/mol. The van der Waals surface area contributed by atoms with Crippen LogP contribution in [0.25, 0.3) is 0 Å². The highest BCUT2D eigenvalue weighted by molar-refractivity contribution is 5.38. The molecule has 1 fully saturated rings. The molecule has 1 heterocycles. The predicted molar refractivity (Wildman–Crippen MR) is 72.2 cm³/mol. The number of nitrogens with zero attached hydrogens (tertiary/aromatic N) is 1. The van der Waals surface area contributed by atoms with Crippen molar-refractivity contribution in [1.29, 1.82) is 0 Å². The van der Waals surface area contributed by atoms with Gasteiger partial charge in [0.25, 0.3) is 5.92 Å². The first-order chi connectivity index (χ1) is 10.0. The van der Waals surface area contributed by atoms with Gasteiger partial charge >= 0.3 is 0 Å². The average Bonchev–Trinajstić information content (AvgIpc) is 2.50. The number of halogens is 3. The number of alkyl halides is 2. The van der Waals surface area contributed by atoms with E-state index in [0.717, 1.165) is 6.07 Å². The summed E-state index contributed by atoms with van der Waals surface area (Å²) in [7, 11) is 1.31. The fraction of sp³-hybridized carbons (Fsp3) is 0.571. The van der Waals surface area contributed by atoms with Gasteiger partial charge in [0.05, 0.1) is 12.7 Å². The molecule has 0 amide bonds. The Morgan fingerprint density at radius 1 is 1.38 bits per heavy atom. The Morgan fingerprint density at radius 3 is 2.62 bits per heavy atom. The highest BCUT2D eigenvalue weighted by Gasteiger charge is 2.46. The second-order valence-corrected chi connectivity index (χ2v) is 4.96. The van der Waals surface area contributed by atoms with Crippen molar-refractivity contribution in [3.05, 3.63) is 29.6 Å². The first-order valence-corrected chi connectivity index (χ1v) is 6.77. The largest absolute Gasteiger partial charge is 0.496 e. The highest BCUT2D eigenvalue weighted by atomic mass is 19.3. The van der Waals surface area contributed by atoms with E-state index in [2.05, 4.69) is 5.32 Å². The number of hydrogen-bond acceptors (Lipinski definition) is 4. The van der Waals surface area contributed by atoms with E-state index >= 15 is 0 Å². The molecule has 21 heavy (non-hydrogen) atoms. The Morgan fingerprint density at radius 2 is 2.05 bits per heavy atom. The lowest BCUT2D eigenvalue weighted by Crippen LogP contribution is -2.51. The molecule has 118 valence electrons. The standard InChI is InChI=1S/C14H19F3N2O2/c1-21-11-4-2-3-10(15)12(11)13(14(16,17)9-20)19-7-5-18-6-8-19/h2-4,13,18,20H,5-9H2,1H3/t13-/m1/s1. The molecule has 7 heteroatoms. The number of aliphatic hydroxyl groups is 1. The Hall–Kier alpha value is -1.31. The number of aliphatic hydroxyl groups excluding tert-OH is 1. The maximum Gasteiger partial charge on any atom is 0.290 e. The SMILES string of the molecule is COc1cccc(F)c1[C@@H](N1CCNCC1)C(F)(F)CO. The molecule has 2 N–H and O–H groups in total. The van der Waals surface area contributed by atoms with E-state index in [4.69, 9.17) is 9.84 Å². The number of rotatable bonds is 5. The van der Waals surface area contributed by atoms with Crippen molar-refractivity contribution in [2.75, 3.05) is 39.9 Å².